The van der Waals surface area contributed by atoms with Gasteiger partial charge in [-0.2, -0.15) is 0 Å². The third-order valence-corrected chi connectivity index (χ3v) is 7.28. The number of fused-ring (bicyclic) bond motifs is 1. The summed E-state index contributed by atoms with van der Waals surface area (Å²) in [6.45, 7) is 2.59. The highest BCUT2D eigenvalue weighted by Gasteiger charge is 2.68. The second-order valence-electron chi connectivity index (χ2n) is 8.11. The van der Waals surface area contributed by atoms with Gasteiger partial charge >= 0.3 is 11.9 Å². The van der Waals surface area contributed by atoms with E-state index in [9.17, 15) is 9.59 Å². The van der Waals surface area contributed by atoms with Crippen LogP contribution in [-0.2, 0) is 19.1 Å². The largest absolute Gasteiger partial charge is 0.472 e. The van der Waals surface area contributed by atoms with Crippen molar-refractivity contribution in [1.82, 2.24) is 0 Å². The van der Waals surface area contributed by atoms with E-state index in [1.807, 2.05) is 12.1 Å². The van der Waals surface area contributed by atoms with E-state index in [0.717, 1.165) is 36.8 Å². The first-order valence-corrected chi connectivity index (χ1v) is 9.19. The average Bonchev–Trinajstić information content (AvgIpc) is 3.31. The summed E-state index contributed by atoms with van der Waals surface area (Å²) in [6.07, 6.45) is 9.31. The predicted octanol–water partition coefficient (Wildman–Crippen LogP) is 3.56. The average molecular weight is 342 g/mol. The maximum Gasteiger partial charge on any atom is 0.334 e. The van der Waals surface area contributed by atoms with Gasteiger partial charge < -0.3 is 13.9 Å². The summed E-state index contributed by atoms with van der Waals surface area (Å²) in [6, 6.07) is 1.87. The third kappa shape index (κ3) is 1.79. The Morgan fingerprint density at radius 1 is 1.24 bits per heavy atom. The molecule has 25 heavy (non-hydrogen) atoms. The Morgan fingerprint density at radius 2 is 2.12 bits per heavy atom. The lowest BCUT2D eigenvalue weighted by Gasteiger charge is -2.54. The Labute approximate surface area is 146 Å². The van der Waals surface area contributed by atoms with Gasteiger partial charge in [-0.25, -0.2) is 4.79 Å². The van der Waals surface area contributed by atoms with Gasteiger partial charge in [0.05, 0.1) is 17.9 Å². The zero-order valence-corrected chi connectivity index (χ0v) is 14.3. The Morgan fingerprint density at radius 3 is 2.92 bits per heavy atom. The molecule has 0 N–H and O–H groups in total. The van der Waals surface area contributed by atoms with E-state index >= 15 is 0 Å². The maximum atomic E-state index is 13.2. The molecule has 2 saturated heterocycles. The summed E-state index contributed by atoms with van der Waals surface area (Å²) in [5, 5.41) is 0. The van der Waals surface area contributed by atoms with Gasteiger partial charge in [-0.05, 0) is 43.6 Å². The first-order valence-electron chi connectivity index (χ1n) is 9.19. The standard InChI is InChI=1S/C20H22O5/c1-12-5-7-19-11-24-17(21)14(19)3-2-4-16(19)20(12)9-15(25-18(20)22)13-6-8-23-10-13/h3,6,8,10,12,15-16H,2,4-5,7,9,11H2,1H3. The third-order valence-electron chi connectivity index (χ3n) is 7.28. The van der Waals surface area contributed by atoms with Crippen LogP contribution in [0.5, 0.6) is 0 Å². The van der Waals surface area contributed by atoms with Gasteiger partial charge in [0.25, 0.3) is 0 Å². The molecule has 3 fully saturated rings. The molecule has 5 nitrogen and oxygen atoms in total. The van der Waals surface area contributed by atoms with Crippen molar-refractivity contribution in [3.63, 3.8) is 0 Å². The van der Waals surface area contributed by atoms with E-state index in [1.54, 1.807) is 12.5 Å². The lowest BCUT2D eigenvalue weighted by molar-refractivity contribution is -0.162. The highest BCUT2D eigenvalue weighted by Crippen LogP contribution is 2.67. The molecule has 0 bridgehead atoms. The molecule has 2 spiro atoms. The second-order valence-corrected chi connectivity index (χ2v) is 8.11. The Kier molecular flexibility index (Phi) is 3.04. The zero-order chi connectivity index (χ0) is 17.2. The number of esters is 2. The van der Waals surface area contributed by atoms with E-state index in [1.165, 1.54) is 0 Å². The molecule has 0 amide bonds. The van der Waals surface area contributed by atoms with Crippen molar-refractivity contribution in [3.8, 4) is 0 Å². The van der Waals surface area contributed by atoms with E-state index in [0.29, 0.717) is 13.0 Å². The minimum atomic E-state index is -0.534. The summed E-state index contributed by atoms with van der Waals surface area (Å²) < 4.78 is 16.5. The Bertz CT molecular complexity index is 763. The smallest absolute Gasteiger partial charge is 0.334 e. The lowest BCUT2D eigenvalue weighted by atomic mass is 9.46. The lowest BCUT2D eigenvalue weighted by Crippen LogP contribution is -2.55. The minimum absolute atomic E-state index is 0.101. The van der Waals surface area contributed by atoms with Crippen molar-refractivity contribution in [1.29, 1.82) is 0 Å². The van der Waals surface area contributed by atoms with Crippen molar-refractivity contribution in [2.24, 2.45) is 22.7 Å². The highest BCUT2D eigenvalue weighted by molar-refractivity contribution is 5.93. The van der Waals surface area contributed by atoms with Crippen molar-refractivity contribution in [2.45, 2.75) is 45.1 Å². The fraction of sp³-hybridized carbons (Fsp3) is 0.600. The molecule has 5 unspecified atom stereocenters. The molecular formula is C20H22O5. The molecule has 132 valence electrons. The normalized spacial score (nSPS) is 42.6. The molecule has 4 aliphatic rings. The van der Waals surface area contributed by atoms with Crippen LogP contribution in [0.15, 0.2) is 34.7 Å². The first-order chi connectivity index (χ1) is 12.1. The van der Waals surface area contributed by atoms with E-state index in [-0.39, 0.29) is 35.3 Å². The molecule has 1 aromatic rings. The van der Waals surface area contributed by atoms with Gasteiger partial charge in [0.2, 0.25) is 0 Å². The van der Waals surface area contributed by atoms with Gasteiger partial charge in [0.15, 0.2) is 0 Å². The van der Waals surface area contributed by atoms with Crippen molar-refractivity contribution in [2.75, 3.05) is 6.61 Å². The van der Waals surface area contributed by atoms with Gasteiger partial charge in [0, 0.05) is 23.0 Å². The summed E-state index contributed by atoms with van der Waals surface area (Å²) in [7, 11) is 0. The highest BCUT2D eigenvalue weighted by atomic mass is 16.6. The van der Waals surface area contributed by atoms with Gasteiger partial charge in [0.1, 0.15) is 12.7 Å². The molecule has 2 aliphatic heterocycles. The van der Waals surface area contributed by atoms with Gasteiger partial charge in [-0.1, -0.05) is 13.0 Å². The van der Waals surface area contributed by atoms with Crippen LogP contribution < -0.4 is 0 Å². The number of allylic oxidation sites excluding steroid dienone is 1. The number of ether oxygens (including phenoxy) is 2. The Balaban J connectivity index is 1.59. The summed E-state index contributed by atoms with van der Waals surface area (Å²) in [4.78, 5) is 25.4. The summed E-state index contributed by atoms with van der Waals surface area (Å²) in [5.74, 6) is 0.0604. The number of rotatable bonds is 1. The van der Waals surface area contributed by atoms with Crippen molar-refractivity contribution >= 4 is 11.9 Å². The topological polar surface area (TPSA) is 65.7 Å². The van der Waals surface area contributed by atoms with E-state index in [2.05, 4.69) is 6.92 Å². The quantitative estimate of drug-likeness (QED) is 0.730. The maximum absolute atomic E-state index is 13.2. The van der Waals surface area contributed by atoms with Crippen LogP contribution in [-0.4, -0.2) is 18.5 Å². The molecule has 0 radical (unpaired) electrons. The molecule has 1 saturated carbocycles. The molecule has 5 heteroatoms. The minimum Gasteiger partial charge on any atom is -0.472 e. The van der Waals surface area contributed by atoms with Gasteiger partial charge in [-0.15, -0.1) is 0 Å². The van der Waals surface area contributed by atoms with Crippen molar-refractivity contribution < 1.29 is 23.5 Å². The molecule has 0 aromatic carbocycles. The molecular weight excluding hydrogens is 320 g/mol. The van der Waals surface area contributed by atoms with Crippen LogP contribution in [0.3, 0.4) is 0 Å². The number of carbonyl (C=O) groups excluding carboxylic acids is 2. The number of hydrogen-bond donors (Lipinski definition) is 0. The SMILES string of the molecule is CC1CCC23COC(=O)C2=CCCC3C12CC(c1ccoc1)OC2=O. The van der Waals surface area contributed by atoms with Crippen LogP contribution in [0.25, 0.3) is 0 Å². The molecule has 2 aliphatic carbocycles. The second kappa shape index (κ2) is 4.99. The summed E-state index contributed by atoms with van der Waals surface area (Å²) >= 11 is 0. The van der Waals surface area contributed by atoms with Crippen LogP contribution in [0.4, 0.5) is 0 Å². The van der Waals surface area contributed by atoms with Crippen LogP contribution in [0.1, 0.15) is 50.7 Å². The van der Waals surface area contributed by atoms with Crippen LogP contribution in [0.2, 0.25) is 0 Å². The van der Waals surface area contributed by atoms with Crippen LogP contribution >= 0.6 is 0 Å². The Hall–Kier alpha value is -2.04. The number of hydrogen-bond acceptors (Lipinski definition) is 5. The van der Waals surface area contributed by atoms with Crippen molar-refractivity contribution in [3.05, 3.63) is 35.8 Å². The molecule has 5 atom stereocenters. The van der Waals surface area contributed by atoms with Gasteiger partial charge in [-0.3, -0.25) is 4.79 Å². The zero-order valence-electron chi connectivity index (χ0n) is 14.3. The molecule has 5 rings (SSSR count). The number of carbonyl (C=O) groups is 2. The molecule has 1 aromatic heterocycles. The fourth-order valence-electron chi connectivity index (χ4n) is 6.01. The monoisotopic (exact) mass is 342 g/mol. The van der Waals surface area contributed by atoms with Crippen LogP contribution in [0, 0.1) is 22.7 Å². The predicted molar refractivity (Wildman–Crippen MR) is 87.2 cm³/mol. The summed E-state index contributed by atoms with van der Waals surface area (Å²) in [5.41, 5.74) is 0.900. The van der Waals surface area contributed by atoms with E-state index in [4.69, 9.17) is 13.9 Å². The molecule has 3 heterocycles. The number of furan rings is 1. The fourth-order valence-corrected chi connectivity index (χ4v) is 6.01. The first kappa shape index (κ1) is 15.2. The number of cyclic esters (lactones) is 2. The van der Waals surface area contributed by atoms with E-state index < -0.39 is 5.41 Å².